The molecule has 2 atom stereocenters. The lowest BCUT2D eigenvalue weighted by atomic mass is 9.98. The van der Waals surface area contributed by atoms with Crippen molar-refractivity contribution in [3.63, 3.8) is 0 Å². The lowest BCUT2D eigenvalue weighted by Crippen LogP contribution is -2.48. The number of hydrogen-bond donors (Lipinski definition) is 1. The van der Waals surface area contributed by atoms with E-state index in [9.17, 15) is 0 Å². The molecule has 0 amide bonds. The Kier molecular flexibility index (Phi) is 4.83. The van der Waals surface area contributed by atoms with Gasteiger partial charge in [0, 0.05) is 18.1 Å². The van der Waals surface area contributed by atoms with Crippen LogP contribution in [-0.4, -0.2) is 54.1 Å². The van der Waals surface area contributed by atoms with Crippen molar-refractivity contribution in [3.05, 3.63) is 0 Å². The summed E-state index contributed by atoms with van der Waals surface area (Å²) < 4.78 is 0. The molecular weight excluding hydrogens is 210 g/mol. The molecule has 2 unspecified atom stereocenters. The molecule has 0 saturated carbocycles. The molecule has 2 heterocycles. The Labute approximate surface area is 106 Å². The zero-order valence-corrected chi connectivity index (χ0v) is 11.6. The van der Waals surface area contributed by atoms with Crippen LogP contribution in [0.25, 0.3) is 0 Å². The van der Waals surface area contributed by atoms with Crippen LogP contribution in [0, 0.1) is 0 Å². The molecule has 0 spiro atoms. The number of rotatable bonds is 6. The molecule has 2 fully saturated rings. The van der Waals surface area contributed by atoms with E-state index in [-0.39, 0.29) is 0 Å². The van der Waals surface area contributed by atoms with E-state index in [1.165, 1.54) is 58.3 Å². The van der Waals surface area contributed by atoms with E-state index in [4.69, 9.17) is 5.73 Å². The third-order valence-corrected chi connectivity index (χ3v) is 4.71. The van der Waals surface area contributed by atoms with Gasteiger partial charge in [0.1, 0.15) is 0 Å². The molecule has 3 nitrogen and oxygen atoms in total. The first kappa shape index (κ1) is 13.3. The molecule has 0 aromatic rings. The summed E-state index contributed by atoms with van der Waals surface area (Å²) in [5.41, 5.74) is 6.10. The van der Waals surface area contributed by atoms with Gasteiger partial charge in [-0.25, -0.2) is 0 Å². The first-order valence-corrected chi connectivity index (χ1v) is 7.48. The fourth-order valence-corrected chi connectivity index (χ4v) is 3.70. The summed E-state index contributed by atoms with van der Waals surface area (Å²) in [6.07, 6.45) is 6.58. The van der Waals surface area contributed by atoms with Crippen LogP contribution in [0.3, 0.4) is 0 Å². The van der Waals surface area contributed by atoms with Crippen molar-refractivity contribution >= 4 is 0 Å². The Balaban J connectivity index is 1.73. The fourth-order valence-electron chi connectivity index (χ4n) is 3.70. The molecule has 100 valence electrons. The highest BCUT2D eigenvalue weighted by Crippen LogP contribution is 2.34. The third kappa shape index (κ3) is 3.21. The maximum atomic E-state index is 6.10. The zero-order chi connectivity index (χ0) is 12.3. The average Bonchev–Trinajstić information content (AvgIpc) is 2.57. The van der Waals surface area contributed by atoms with Crippen LogP contribution in [0.15, 0.2) is 0 Å². The van der Waals surface area contributed by atoms with Crippen molar-refractivity contribution in [2.75, 3.05) is 26.2 Å². The molecule has 2 saturated heterocycles. The van der Waals surface area contributed by atoms with Crippen molar-refractivity contribution in [2.24, 2.45) is 5.73 Å². The van der Waals surface area contributed by atoms with Crippen LogP contribution in [0.5, 0.6) is 0 Å². The number of nitrogens with two attached hydrogens (primary N) is 1. The summed E-state index contributed by atoms with van der Waals surface area (Å²) in [7, 11) is 0. The Morgan fingerprint density at radius 2 is 1.71 bits per heavy atom. The highest BCUT2D eigenvalue weighted by Gasteiger charge is 2.38. The Bertz CT molecular complexity index is 214. The van der Waals surface area contributed by atoms with Gasteiger partial charge in [0.25, 0.3) is 0 Å². The summed E-state index contributed by atoms with van der Waals surface area (Å²) >= 11 is 0. The molecule has 0 aromatic carbocycles. The van der Waals surface area contributed by atoms with Gasteiger partial charge in [-0.05, 0) is 58.3 Å². The van der Waals surface area contributed by atoms with Gasteiger partial charge in [-0.1, -0.05) is 13.8 Å². The van der Waals surface area contributed by atoms with E-state index in [0.29, 0.717) is 6.04 Å². The Morgan fingerprint density at radius 1 is 1.12 bits per heavy atom. The van der Waals surface area contributed by atoms with E-state index >= 15 is 0 Å². The van der Waals surface area contributed by atoms with Crippen molar-refractivity contribution in [3.8, 4) is 0 Å². The fraction of sp³-hybridized carbons (Fsp3) is 1.00. The van der Waals surface area contributed by atoms with Gasteiger partial charge in [0.15, 0.2) is 0 Å². The maximum Gasteiger partial charge on any atom is 0.0113 e. The summed E-state index contributed by atoms with van der Waals surface area (Å²) in [6, 6.07) is 2.09. The van der Waals surface area contributed by atoms with E-state index in [0.717, 1.165) is 12.1 Å². The van der Waals surface area contributed by atoms with Crippen LogP contribution in [0.2, 0.25) is 0 Å². The largest absolute Gasteiger partial charge is 0.328 e. The predicted octanol–water partition coefficient (Wildman–Crippen LogP) is 1.67. The molecular formula is C14H29N3. The monoisotopic (exact) mass is 239 g/mol. The maximum absolute atomic E-state index is 6.10. The summed E-state index contributed by atoms with van der Waals surface area (Å²) in [6.45, 7) is 9.44. The molecule has 2 rings (SSSR count). The van der Waals surface area contributed by atoms with Gasteiger partial charge < -0.3 is 10.6 Å². The van der Waals surface area contributed by atoms with Crippen molar-refractivity contribution in [2.45, 2.75) is 64.1 Å². The second-order valence-electron chi connectivity index (χ2n) is 5.73. The molecule has 3 heteroatoms. The molecule has 2 bridgehead atoms. The van der Waals surface area contributed by atoms with Gasteiger partial charge in [0.05, 0.1) is 0 Å². The minimum absolute atomic E-state index is 0.478. The second-order valence-corrected chi connectivity index (χ2v) is 5.73. The third-order valence-electron chi connectivity index (χ3n) is 4.71. The van der Waals surface area contributed by atoms with Gasteiger partial charge in [0.2, 0.25) is 0 Å². The minimum Gasteiger partial charge on any atom is -0.328 e. The highest BCUT2D eigenvalue weighted by molar-refractivity contribution is 4.96. The Morgan fingerprint density at radius 3 is 2.24 bits per heavy atom. The summed E-state index contributed by atoms with van der Waals surface area (Å²) in [5, 5.41) is 0. The van der Waals surface area contributed by atoms with Crippen LogP contribution in [0.1, 0.15) is 46.0 Å². The summed E-state index contributed by atoms with van der Waals surface area (Å²) in [5.74, 6) is 0. The van der Waals surface area contributed by atoms with E-state index < -0.39 is 0 Å². The van der Waals surface area contributed by atoms with Crippen molar-refractivity contribution in [1.82, 2.24) is 9.80 Å². The van der Waals surface area contributed by atoms with Crippen LogP contribution in [0.4, 0.5) is 0 Å². The number of piperidine rings is 1. The smallest absolute Gasteiger partial charge is 0.0113 e. The van der Waals surface area contributed by atoms with Gasteiger partial charge in [-0.3, -0.25) is 4.90 Å². The molecule has 0 radical (unpaired) electrons. The molecule has 2 N–H and O–H groups in total. The first-order valence-electron chi connectivity index (χ1n) is 7.48. The lowest BCUT2D eigenvalue weighted by molar-refractivity contribution is 0.120. The summed E-state index contributed by atoms with van der Waals surface area (Å²) in [4.78, 5) is 5.28. The standard InChI is InChI=1S/C14H29N3/c1-3-16(4-2)8-5-9-17-13-6-7-14(17)11-12(15)10-13/h12-14H,3-11,15H2,1-2H3. The van der Waals surface area contributed by atoms with Crippen LogP contribution in [-0.2, 0) is 0 Å². The van der Waals surface area contributed by atoms with Crippen molar-refractivity contribution in [1.29, 1.82) is 0 Å². The lowest BCUT2D eigenvalue weighted by Gasteiger charge is -2.38. The average molecular weight is 239 g/mol. The van der Waals surface area contributed by atoms with E-state index in [1.54, 1.807) is 0 Å². The van der Waals surface area contributed by atoms with Crippen molar-refractivity contribution < 1.29 is 0 Å². The topological polar surface area (TPSA) is 32.5 Å². The normalized spacial score (nSPS) is 33.5. The minimum atomic E-state index is 0.478. The number of nitrogens with zero attached hydrogens (tertiary/aromatic N) is 2. The van der Waals surface area contributed by atoms with Crippen LogP contribution < -0.4 is 5.73 Å². The molecule has 0 aliphatic carbocycles. The highest BCUT2D eigenvalue weighted by atomic mass is 15.2. The predicted molar refractivity (Wildman–Crippen MR) is 73.1 cm³/mol. The van der Waals surface area contributed by atoms with Gasteiger partial charge >= 0.3 is 0 Å². The van der Waals surface area contributed by atoms with Gasteiger partial charge in [-0.2, -0.15) is 0 Å². The second kappa shape index (κ2) is 6.17. The quantitative estimate of drug-likeness (QED) is 0.765. The first-order chi connectivity index (χ1) is 8.24. The Hall–Kier alpha value is -0.120. The molecule has 0 aromatic heterocycles. The van der Waals surface area contributed by atoms with Crippen LogP contribution >= 0.6 is 0 Å². The zero-order valence-electron chi connectivity index (χ0n) is 11.6. The van der Waals surface area contributed by atoms with E-state index in [2.05, 4.69) is 23.6 Å². The number of hydrogen-bond acceptors (Lipinski definition) is 3. The molecule has 2 aliphatic heterocycles. The molecule has 2 aliphatic rings. The SMILES string of the molecule is CCN(CC)CCCN1C2CCC1CC(N)C2. The van der Waals surface area contributed by atoms with E-state index in [1.807, 2.05) is 0 Å². The van der Waals surface area contributed by atoms with Gasteiger partial charge in [-0.15, -0.1) is 0 Å². The molecule has 17 heavy (non-hydrogen) atoms. The number of fused-ring (bicyclic) bond motifs is 2.